The Labute approximate surface area is 262 Å². The maximum absolute atomic E-state index is 11.6. The van der Waals surface area contributed by atoms with Gasteiger partial charge in [-0.25, -0.2) is 0 Å². The fourth-order valence-electron chi connectivity index (χ4n) is 6.53. The Morgan fingerprint density at radius 1 is 0.689 bits per heavy atom. The first-order chi connectivity index (χ1) is 21.4. The van der Waals surface area contributed by atoms with Gasteiger partial charge in [0.25, 0.3) is 0 Å². The van der Waals surface area contributed by atoms with Gasteiger partial charge in [0.2, 0.25) is 0 Å². The Morgan fingerprint density at radius 3 is 2.00 bits per heavy atom. The Balaban J connectivity index is 1.52. The van der Waals surface area contributed by atoms with E-state index in [4.69, 9.17) is 62.8 Å². The molecule has 0 aromatic rings. The van der Waals surface area contributed by atoms with Crippen LogP contribution in [-0.2, 0) is 28.4 Å². The van der Waals surface area contributed by atoms with Crippen LogP contribution in [0.5, 0.6) is 0 Å². The molecule has 1 saturated carbocycles. The third-order valence-electron chi connectivity index (χ3n) is 9.37. The minimum Gasteiger partial charge on any atom is -0.394 e. The summed E-state index contributed by atoms with van der Waals surface area (Å²) in [5.74, 6) is -0.433. The van der Waals surface area contributed by atoms with Gasteiger partial charge in [-0.15, -0.1) is 0 Å². The van der Waals surface area contributed by atoms with Crippen molar-refractivity contribution in [3.8, 4) is 0 Å². The summed E-state index contributed by atoms with van der Waals surface area (Å²) in [6, 6.07) is -2.39. The van der Waals surface area contributed by atoms with E-state index in [0.717, 1.165) is 0 Å². The molecule has 18 atom stereocenters. The maximum atomic E-state index is 11.6. The largest absolute Gasteiger partial charge is 0.394 e. The number of rotatable bonds is 13. The lowest BCUT2D eigenvalue weighted by Gasteiger charge is -2.46. The van der Waals surface area contributed by atoms with Crippen LogP contribution in [0.25, 0.3) is 0 Å². The van der Waals surface area contributed by atoms with Crippen molar-refractivity contribution in [3.05, 3.63) is 0 Å². The molecule has 4 rings (SSSR count). The van der Waals surface area contributed by atoms with Crippen molar-refractivity contribution in [1.82, 2.24) is 0 Å². The molecule has 0 radical (unpaired) electrons. The molecule has 45 heavy (non-hydrogen) atoms. The number of hydrogen-bond donors (Lipinski definition) is 12. The van der Waals surface area contributed by atoms with E-state index in [-0.39, 0.29) is 25.7 Å². The molecule has 3 aliphatic heterocycles. The topological polar surface area (TPSA) is 333 Å². The van der Waals surface area contributed by atoms with Crippen LogP contribution in [0.1, 0.15) is 32.1 Å². The minimum absolute atomic E-state index is 0.0577. The van der Waals surface area contributed by atoms with Crippen LogP contribution in [-0.4, -0.2) is 161 Å². The lowest BCUT2D eigenvalue weighted by Crippen LogP contribution is -2.64. The third kappa shape index (κ3) is 8.48. The SMILES string of the molecule is NCC(O)CC[C@@H]1C[C@H](N)[C@@H](O[C@H]2O[C@H](CN)CC[C@H]2N)[C@H](O[C@@H]2O[C@H](CO)[C@@H](O[C@H]3O[C@@H](CN)[C@@H](O)[C@H](O)[C@H]3N)[C@H]2O)[C@H]1O. The monoisotopic (exact) mass is 654 g/mol. The average Bonchev–Trinajstić information content (AvgIpc) is 3.33. The van der Waals surface area contributed by atoms with E-state index in [1.54, 1.807) is 0 Å². The summed E-state index contributed by atoms with van der Waals surface area (Å²) >= 11 is 0. The molecule has 18 N–H and O–H groups in total. The van der Waals surface area contributed by atoms with E-state index < -0.39 is 111 Å². The van der Waals surface area contributed by atoms with Gasteiger partial charge in [0.15, 0.2) is 18.9 Å². The van der Waals surface area contributed by atoms with E-state index in [1.807, 2.05) is 0 Å². The van der Waals surface area contributed by atoms with Gasteiger partial charge in [-0.1, -0.05) is 0 Å². The molecule has 0 amide bonds. The van der Waals surface area contributed by atoms with E-state index in [0.29, 0.717) is 32.1 Å². The number of nitrogens with two attached hydrogens (primary N) is 6. The lowest BCUT2D eigenvalue weighted by atomic mass is 9.77. The predicted molar refractivity (Wildman–Crippen MR) is 155 cm³/mol. The normalized spacial score (nSPS) is 48.4. The first-order valence-corrected chi connectivity index (χ1v) is 15.7. The van der Waals surface area contributed by atoms with Gasteiger partial charge in [0.05, 0.1) is 37.0 Å². The lowest BCUT2D eigenvalue weighted by molar-refractivity contribution is -0.292. The van der Waals surface area contributed by atoms with Crippen molar-refractivity contribution >= 4 is 0 Å². The maximum Gasteiger partial charge on any atom is 0.187 e. The molecule has 0 bridgehead atoms. The smallest absolute Gasteiger partial charge is 0.187 e. The predicted octanol–water partition coefficient (Wildman–Crippen LogP) is -6.45. The van der Waals surface area contributed by atoms with E-state index in [1.165, 1.54) is 0 Å². The van der Waals surface area contributed by atoms with E-state index in [2.05, 4.69) is 0 Å². The standard InChI is InChI=1S/C27H54N6O12/c28-6-11(35)2-1-10-5-14(32)22(43-25-13(31)4-3-12(7-29)40-25)24(18(10)36)45-27-21(39)23(16(9-34)42-27)44-26-17(33)20(38)19(37)15(8-30)41-26/h10-27,34-39H,1-9,28-33H2/t10-,11?,12+,13-,14+,15+,16-,17-,18+,19-,20-,21-,22-,23-,24-,25-,26-,27+/m1/s1. The summed E-state index contributed by atoms with van der Waals surface area (Å²) in [6.07, 6.45) is -13.5. The fraction of sp³-hybridized carbons (Fsp3) is 1.00. The molecule has 264 valence electrons. The number of hydrogen-bond acceptors (Lipinski definition) is 18. The van der Waals surface area contributed by atoms with Crippen molar-refractivity contribution in [1.29, 1.82) is 0 Å². The molecule has 3 saturated heterocycles. The molecule has 4 fully saturated rings. The minimum atomic E-state index is -1.54. The second-order valence-corrected chi connectivity index (χ2v) is 12.6. The molecule has 0 aromatic heterocycles. The summed E-state index contributed by atoms with van der Waals surface area (Å²) in [7, 11) is 0. The van der Waals surface area contributed by atoms with Gasteiger partial charge in [-0.05, 0) is 38.0 Å². The summed E-state index contributed by atoms with van der Waals surface area (Å²) in [5, 5.41) is 63.5. The number of ether oxygens (including phenoxy) is 6. The van der Waals surface area contributed by atoms with Crippen LogP contribution >= 0.6 is 0 Å². The molecule has 1 aliphatic carbocycles. The molecule has 18 heteroatoms. The van der Waals surface area contributed by atoms with Crippen molar-refractivity contribution in [2.24, 2.45) is 40.3 Å². The van der Waals surface area contributed by atoms with Crippen molar-refractivity contribution in [2.75, 3.05) is 26.2 Å². The van der Waals surface area contributed by atoms with Crippen LogP contribution in [0.2, 0.25) is 0 Å². The van der Waals surface area contributed by atoms with Gasteiger partial charge in [0, 0.05) is 25.7 Å². The highest BCUT2D eigenvalue weighted by Gasteiger charge is 2.53. The Bertz CT molecular complexity index is 901. The summed E-state index contributed by atoms with van der Waals surface area (Å²) in [6.45, 7) is -0.427. The molecule has 0 aromatic carbocycles. The van der Waals surface area contributed by atoms with Gasteiger partial charge in [0.1, 0.15) is 48.8 Å². The van der Waals surface area contributed by atoms with Gasteiger partial charge >= 0.3 is 0 Å². The fourth-order valence-corrected chi connectivity index (χ4v) is 6.53. The first-order valence-electron chi connectivity index (χ1n) is 15.7. The van der Waals surface area contributed by atoms with Gasteiger partial charge in [-0.2, -0.15) is 0 Å². The highest BCUT2D eigenvalue weighted by molar-refractivity contribution is 5.00. The molecule has 1 unspecified atom stereocenters. The van der Waals surface area contributed by atoms with Crippen LogP contribution in [0.3, 0.4) is 0 Å². The molecule has 18 nitrogen and oxygen atoms in total. The van der Waals surface area contributed by atoms with Gasteiger partial charge in [-0.3, -0.25) is 0 Å². The van der Waals surface area contributed by atoms with Crippen molar-refractivity contribution < 1.29 is 59.1 Å². The number of aliphatic hydroxyl groups is 6. The molecule has 3 heterocycles. The van der Waals surface area contributed by atoms with Gasteiger partial charge < -0.3 is 93.5 Å². The average molecular weight is 655 g/mol. The van der Waals surface area contributed by atoms with Crippen molar-refractivity contribution in [2.45, 2.75) is 136 Å². The van der Waals surface area contributed by atoms with E-state index in [9.17, 15) is 30.6 Å². The number of aliphatic hydroxyl groups excluding tert-OH is 6. The Hall–Kier alpha value is -0.720. The Kier molecular flexibility index (Phi) is 13.7. The quantitative estimate of drug-likeness (QED) is 0.0878. The van der Waals surface area contributed by atoms with Crippen LogP contribution in [0.15, 0.2) is 0 Å². The Morgan fingerprint density at radius 2 is 1.36 bits per heavy atom. The first kappa shape index (κ1) is 37.1. The van der Waals surface area contributed by atoms with Crippen molar-refractivity contribution in [3.63, 3.8) is 0 Å². The third-order valence-corrected chi connectivity index (χ3v) is 9.37. The van der Waals surface area contributed by atoms with Crippen LogP contribution < -0.4 is 34.4 Å². The zero-order valence-electron chi connectivity index (χ0n) is 25.4. The summed E-state index contributed by atoms with van der Waals surface area (Å²) in [4.78, 5) is 0. The zero-order chi connectivity index (χ0) is 33.0. The second kappa shape index (κ2) is 16.6. The summed E-state index contributed by atoms with van der Waals surface area (Å²) in [5.41, 5.74) is 35.9. The van der Waals surface area contributed by atoms with E-state index >= 15 is 0 Å². The second-order valence-electron chi connectivity index (χ2n) is 12.6. The molecular weight excluding hydrogens is 600 g/mol. The summed E-state index contributed by atoms with van der Waals surface area (Å²) < 4.78 is 35.8. The molecular formula is C27H54N6O12. The highest BCUT2D eigenvalue weighted by Crippen LogP contribution is 2.37. The van der Waals surface area contributed by atoms with Crippen LogP contribution in [0, 0.1) is 5.92 Å². The highest BCUT2D eigenvalue weighted by atomic mass is 16.8. The molecule has 4 aliphatic rings. The zero-order valence-corrected chi connectivity index (χ0v) is 25.4. The molecule has 0 spiro atoms. The van der Waals surface area contributed by atoms with Crippen LogP contribution in [0.4, 0.5) is 0 Å².